The van der Waals surface area contributed by atoms with Crippen molar-refractivity contribution in [3.05, 3.63) is 119 Å². The molecule has 0 saturated heterocycles. The highest BCUT2D eigenvalue weighted by molar-refractivity contribution is 8.31. The zero-order chi connectivity index (χ0) is 23.0. The van der Waals surface area contributed by atoms with E-state index in [2.05, 4.69) is 123 Å². The average molecular weight is 454 g/mol. The van der Waals surface area contributed by atoms with Crippen molar-refractivity contribution in [1.29, 1.82) is 0 Å². The van der Waals surface area contributed by atoms with E-state index in [0.29, 0.717) is 0 Å². The van der Waals surface area contributed by atoms with E-state index in [1.807, 2.05) is 0 Å². The van der Waals surface area contributed by atoms with Crippen LogP contribution in [0.3, 0.4) is 0 Å². The van der Waals surface area contributed by atoms with Gasteiger partial charge in [0.25, 0.3) is 0 Å². The summed E-state index contributed by atoms with van der Waals surface area (Å²) in [6.07, 6.45) is 0.957. The van der Waals surface area contributed by atoms with Crippen LogP contribution in [0.15, 0.2) is 95.9 Å². The van der Waals surface area contributed by atoms with Crippen LogP contribution in [-0.4, -0.2) is 5.75 Å². The summed E-state index contributed by atoms with van der Waals surface area (Å²) >= 11 is 0. The number of nitrogens with zero attached hydrogens (tertiary/aromatic N) is 1. The molecule has 0 aromatic heterocycles. The second kappa shape index (κ2) is 8.64. The Bertz CT molecular complexity index is 1270. The first-order valence-corrected chi connectivity index (χ1v) is 13.2. The summed E-state index contributed by atoms with van der Waals surface area (Å²) in [5, 5.41) is 0. The Hall–Kier alpha value is -3.17. The molecule has 0 N–H and O–H groups in total. The normalized spacial score (nSPS) is 19.0. The van der Waals surface area contributed by atoms with Gasteiger partial charge in [-0.2, -0.15) is 0 Å². The standard InChI is InChI=1S/C30H31NOS/c1-22-10-14-26(15-11-22)18-19-33(28-16-12-23(2)13-17-28)31(27-8-6-5-7-9-27)29-20-24(3)25(4)21-30(29)32-33/h5-17,20-21H,18-19H2,1-4H3. The summed E-state index contributed by atoms with van der Waals surface area (Å²) in [6.45, 7) is 8.64. The molecule has 0 radical (unpaired) electrons. The lowest BCUT2D eigenvalue weighted by Crippen LogP contribution is -2.26. The van der Waals surface area contributed by atoms with E-state index in [1.54, 1.807) is 0 Å². The van der Waals surface area contributed by atoms with Gasteiger partial charge >= 0.3 is 0 Å². The Morgan fingerprint density at radius 1 is 0.697 bits per heavy atom. The van der Waals surface area contributed by atoms with Crippen LogP contribution in [0.4, 0.5) is 11.4 Å². The third kappa shape index (κ3) is 4.02. The number of hydrogen-bond acceptors (Lipinski definition) is 2. The molecule has 1 atom stereocenters. The van der Waals surface area contributed by atoms with E-state index >= 15 is 0 Å². The number of aryl methyl sites for hydroxylation is 5. The molecule has 3 heteroatoms. The zero-order valence-corrected chi connectivity index (χ0v) is 20.7. The van der Waals surface area contributed by atoms with Gasteiger partial charge in [0.05, 0.1) is 11.4 Å². The maximum atomic E-state index is 7.08. The lowest BCUT2D eigenvalue weighted by molar-refractivity contribution is 0.631. The molecule has 4 aromatic carbocycles. The third-order valence-corrected chi connectivity index (χ3v) is 9.70. The lowest BCUT2D eigenvalue weighted by Gasteiger charge is -2.43. The Kier molecular flexibility index (Phi) is 5.67. The molecule has 1 aliphatic rings. The number of para-hydroxylation sites is 1. The van der Waals surface area contributed by atoms with Crippen molar-refractivity contribution in [3.63, 3.8) is 0 Å². The van der Waals surface area contributed by atoms with Gasteiger partial charge in [-0.05, 0) is 87.2 Å². The minimum atomic E-state index is -1.82. The summed E-state index contributed by atoms with van der Waals surface area (Å²) in [4.78, 5) is 1.26. The molecule has 168 valence electrons. The van der Waals surface area contributed by atoms with Gasteiger partial charge in [0.1, 0.15) is 0 Å². The molecule has 1 aliphatic heterocycles. The predicted molar refractivity (Wildman–Crippen MR) is 142 cm³/mol. The number of rotatable bonds is 5. The van der Waals surface area contributed by atoms with Crippen molar-refractivity contribution in [1.82, 2.24) is 0 Å². The van der Waals surface area contributed by atoms with E-state index in [-0.39, 0.29) is 0 Å². The maximum Gasteiger partial charge on any atom is 0.162 e. The van der Waals surface area contributed by atoms with Crippen molar-refractivity contribution >= 4 is 21.9 Å². The second-order valence-electron chi connectivity index (χ2n) is 9.01. The van der Waals surface area contributed by atoms with Gasteiger partial charge in [-0.25, -0.2) is 0 Å². The van der Waals surface area contributed by atoms with Crippen molar-refractivity contribution in [2.24, 2.45) is 0 Å². The number of benzene rings is 4. The first-order valence-electron chi connectivity index (χ1n) is 11.6. The molecule has 4 aromatic rings. The summed E-state index contributed by atoms with van der Waals surface area (Å²) in [7, 11) is -1.82. The molecule has 0 spiro atoms. The smallest absolute Gasteiger partial charge is 0.162 e. The van der Waals surface area contributed by atoms with Crippen molar-refractivity contribution in [3.8, 4) is 5.75 Å². The highest BCUT2D eigenvalue weighted by atomic mass is 32.3. The Morgan fingerprint density at radius 3 is 1.97 bits per heavy atom. The molecule has 1 unspecified atom stereocenters. The molecule has 1 heterocycles. The van der Waals surface area contributed by atoms with Gasteiger partial charge < -0.3 is 4.18 Å². The maximum absolute atomic E-state index is 7.08. The predicted octanol–water partition coefficient (Wildman–Crippen LogP) is 8.39. The van der Waals surface area contributed by atoms with E-state index in [0.717, 1.165) is 17.9 Å². The second-order valence-corrected chi connectivity index (χ2v) is 11.7. The SMILES string of the molecule is Cc1ccc(CCS2(c3ccc(C)cc3)Oc3cc(C)c(C)cc3N2c2ccccc2)cc1. The molecule has 33 heavy (non-hydrogen) atoms. The summed E-state index contributed by atoms with van der Waals surface area (Å²) < 4.78 is 9.57. The van der Waals surface area contributed by atoms with Crippen LogP contribution < -0.4 is 8.49 Å². The van der Waals surface area contributed by atoms with Crippen LogP contribution in [-0.2, 0) is 6.42 Å². The molecule has 0 saturated carbocycles. The number of hydrogen-bond donors (Lipinski definition) is 0. The van der Waals surface area contributed by atoms with E-state index in [1.165, 1.54) is 44.1 Å². The lowest BCUT2D eigenvalue weighted by atomic mass is 10.1. The Morgan fingerprint density at radius 2 is 1.30 bits per heavy atom. The van der Waals surface area contributed by atoms with Crippen LogP contribution in [0.5, 0.6) is 5.75 Å². The van der Waals surface area contributed by atoms with E-state index in [4.69, 9.17) is 4.18 Å². The van der Waals surface area contributed by atoms with Crippen LogP contribution in [0.2, 0.25) is 0 Å². The molecule has 0 amide bonds. The zero-order valence-electron chi connectivity index (χ0n) is 19.8. The topological polar surface area (TPSA) is 12.5 Å². The summed E-state index contributed by atoms with van der Waals surface area (Å²) in [5.41, 5.74) is 8.80. The van der Waals surface area contributed by atoms with E-state index < -0.39 is 10.5 Å². The fourth-order valence-electron chi connectivity index (χ4n) is 4.38. The van der Waals surface area contributed by atoms with E-state index in [9.17, 15) is 0 Å². The van der Waals surface area contributed by atoms with Gasteiger partial charge in [-0.1, -0.05) is 65.7 Å². The van der Waals surface area contributed by atoms with Crippen LogP contribution in [0.1, 0.15) is 27.8 Å². The Labute approximate surface area is 199 Å². The largest absolute Gasteiger partial charge is 0.424 e. The first-order chi connectivity index (χ1) is 16.0. The molecule has 5 rings (SSSR count). The first kappa shape index (κ1) is 21.7. The molecular formula is C30H31NOS. The van der Waals surface area contributed by atoms with Gasteiger partial charge in [-0.15, -0.1) is 0 Å². The summed E-state index contributed by atoms with van der Waals surface area (Å²) in [6, 6.07) is 33.1. The minimum Gasteiger partial charge on any atom is -0.424 e. The average Bonchev–Trinajstić information content (AvgIpc) is 3.14. The minimum absolute atomic E-state index is 0.917. The van der Waals surface area contributed by atoms with Gasteiger partial charge in [0, 0.05) is 21.1 Å². The molecule has 2 nitrogen and oxygen atoms in total. The highest BCUT2D eigenvalue weighted by Gasteiger charge is 2.44. The quantitative estimate of drug-likeness (QED) is 0.301. The third-order valence-electron chi connectivity index (χ3n) is 6.48. The molecule has 0 bridgehead atoms. The molecular weight excluding hydrogens is 422 g/mol. The van der Waals surface area contributed by atoms with Crippen LogP contribution in [0, 0.1) is 27.7 Å². The Balaban J connectivity index is 1.68. The molecule has 0 fully saturated rings. The number of fused-ring (bicyclic) bond motifs is 1. The summed E-state index contributed by atoms with van der Waals surface area (Å²) in [5.74, 6) is 1.90. The van der Waals surface area contributed by atoms with Crippen molar-refractivity contribution < 1.29 is 4.18 Å². The van der Waals surface area contributed by atoms with Crippen molar-refractivity contribution in [2.75, 3.05) is 10.1 Å². The van der Waals surface area contributed by atoms with Crippen LogP contribution in [0.25, 0.3) is 0 Å². The fourth-order valence-corrected chi connectivity index (χ4v) is 7.69. The van der Waals surface area contributed by atoms with Gasteiger partial charge in [0.15, 0.2) is 5.75 Å². The van der Waals surface area contributed by atoms with Gasteiger partial charge in [0.2, 0.25) is 0 Å². The monoisotopic (exact) mass is 453 g/mol. The van der Waals surface area contributed by atoms with Crippen molar-refractivity contribution in [2.45, 2.75) is 39.0 Å². The highest BCUT2D eigenvalue weighted by Crippen LogP contribution is 2.70. The fraction of sp³-hybridized carbons (Fsp3) is 0.200. The van der Waals surface area contributed by atoms with Crippen LogP contribution >= 0.6 is 10.5 Å². The molecule has 0 aliphatic carbocycles. The van der Waals surface area contributed by atoms with Gasteiger partial charge in [-0.3, -0.25) is 4.31 Å². The number of anilines is 2.